The van der Waals surface area contributed by atoms with E-state index in [1.165, 1.54) is 19.3 Å². The number of amides is 2. The Morgan fingerprint density at radius 3 is 2.80 bits per heavy atom. The molecular weight excluding hydrogens is 254 g/mol. The van der Waals surface area contributed by atoms with E-state index in [1.54, 1.807) is 24.5 Å². The van der Waals surface area contributed by atoms with E-state index in [4.69, 9.17) is 0 Å². The van der Waals surface area contributed by atoms with Crippen LogP contribution in [0.1, 0.15) is 39.0 Å². The Labute approximate surface area is 119 Å². The molecule has 2 amide bonds. The molecule has 1 saturated carbocycles. The van der Waals surface area contributed by atoms with E-state index >= 15 is 0 Å². The molecule has 0 radical (unpaired) electrons. The van der Waals surface area contributed by atoms with Gasteiger partial charge in [0, 0.05) is 6.20 Å². The molecule has 1 unspecified atom stereocenters. The second kappa shape index (κ2) is 6.70. The maximum Gasteiger partial charge on any atom is 0.319 e. The SMILES string of the molecule is CC(CO)(NC(=O)Nc1cccnc1)C1CCCCC1. The Kier molecular flexibility index (Phi) is 4.95. The van der Waals surface area contributed by atoms with Gasteiger partial charge in [0.25, 0.3) is 0 Å². The number of anilines is 1. The number of nitrogens with zero attached hydrogens (tertiary/aromatic N) is 1. The first kappa shape index (κ1) is 14.8. The highest BCUT2D eigenvalue weighted by molar-refractivity contribution is 5.89. The number of carbonyl (C=O) groups is 1. The van der Waals surface area contributed by atoms with E-state index in [1.807, 2.05) is 6.92 Å². The minimum absolute atomic E-state index is 0.0435. The van der Waals surface area contributed by atoms with Crippen molar-refractivity contribution in [2.45, 2.75) is 44.6 Å². The zero-order valence-corrected chi connectivity index (χ0v) is 11.9. The molecule has 0 aliphatic heterocycles. The Balaban J connectivity index is 1.96. The molecule has 3 N–H and O–H groups in total. The number of pyridine rings is 1. The summed E-state index contributed by atoms with van der Waals surface area (Å²) in [5, 5.41) is 15.4. The van der Waals surface area contributed by atoms with Crippen molar-refractivity contribution in [3.05, 3.63) is 24.5 Å². The van der Waals surface area contributed by atoms with Crippen LogP contribution < -0.4 is 10.6 Å². The molecule has 1 heterocycles. The second-order valence-corrected chi connectivity index (χ2v) is 5.73. The van der Waals surface area contributed by atoms with Gasteiger partial charge in [-0.15, -0.1) is 0 Å². The maximum absolute atomic E-state index is 12.1. The van der Waals surface area contributed by atoms with Crippen LogP contribution in [0.2, 0.25) is 0 Å². The highest BCUT2D eigenvalue weighted by Crippen LogP contribution is 2.32. The van der Waals surface area contributed by atoms with Crippen molar-refractivity contribution < 1.29 is 9.90 Å². The topological polar surface area (TPSA) is 74.2 Å². The van der Waals surface area contributed by atoms with Crippen LogP contribution in [-0.4, -0.2) is 28.3 Å². The Hall–Kier alpha value is -1.62. The molecule has 2 rings (SSSR count). The first-order chi connectivity index (χ1) is 9.64. The van der Waals surface area contributed by atoms with E-state index in [-0.39, 0.29) is 12.6 Å². The summed E-state index contributed by atoms with van der Waals surface area (Å²) in [6.07, 6.45) is 8.96. The van der Waals surface area contributed by atoms with Crippen LogP contribution in [0.5, 0.6) is 0 Å². The van der Waals surface area contributed by atoms with Gasteiger partial charge in [0.05, 0.1) is 24.0 Å². The third kappa shape index (κ3) is 3.70. The van der Waals surface area contributed by atoms with Crippen LogP contribution >= 0.6 is 0 Å². The van der Waals surface area contributed by atoms with Crippen molar-refractivity contribution in [1.29, 1.82) is 0 Å². The minimum Gasteiger partial charge on any atom is -0.394 e. The Bertz CT molecular complexity index is 432. The van der Waals surface area contributed by atoms with E-state index in [2.05, 4.69) is 15.6 Å². The highest BCUT2D eigenvalue weighted by atomic mass is 16.3. The van der Waals surface area contributed by atoms with Gasteiger partial charge in [0.1, 0.15) is 0 Å². The average molecular weight is 277 g/mol. The molecule has 5 nitrogen and oxygen atoms in total. The number of carbonyl (C=O) groups excluding carboxylic acids is 1. The average Bonchev–Trinajstić information content (AvgIpc) is 2.49. The van der Waals surface area contributed by atoms with E-state index in [9.17, 15) is 9.90 Å². The van der Waals surface area contributed by atoms with Gasteiger partial charge >= 0.3 is 6.03 Å². The molecule has 0 bridgehead atoms. The molecule has 0 saturated heterocycles. The summed E-state index contributed by atoms with van der Waals surface area (Å²) >= 11 is 0. The van der Waals surface area contributed by atoms with Crippen molar-refractivity contribution in [1.82, 2.24) is 10.3 Å². The van der Waals surface area contributed by atoms with Crippen LogP contribution in [-0.2, 0) is 0 Å². The third-order valence-corrected chi connectivity index (χ3v) is 4.15. The number of aromatic nitrogens is 1. The lowest BCUT2D eigenvalue weighted by Crippen LogP contribution is -2.55. The summed E-state index contributed by atoms with van der Waals surface area (Å²) in [4.78, 5) is 16.0. The fourth-order valence-corrected chi connectivity index (χ4v) is 2.87. The quantitative estimate of drug-likeness (QED) is 0.791. The van der Waals surface area contributed by atoms with Gasteiger partial charge in [-0.1, -0.05) is 19.3 Å². The standard InChI is InChI=1S/C15H23N3O2/c1-15(11-19,12-6-3-2-4-7-12)18-14(20)17-13-8-5-9-16-10-13/h5,8-10,12,19H,2-4,6-7,11H2,1H3,(H2,17,18,20). The van der Waals surface area contributed by atoms with Gasteiger partial charge < -0.3 is 15.7 Å². The zero-order chi connectivity index (χ0) is 14.4. The molecule has 1 aromatic rings. The first-order valence-corrected chi connectivity index (χ1v) is 7.24. The number of hydrogen-bond acceptors (Lipinski definition) is 3. The number of aliphatic hydroxyl groups is 1. The smallest absolute Gasteiger partial charge is 0.319 e. The fraction of sp³-hybridized carbons (Fsp3) is 0.600. The summed E-state index contributed by atoms with van der Waals surface area (Å²) in [5.74, 6) is 0.334. The third-order valence-electron chi connectivity index (χ3n) is 4.15. The fourth-order valence-electron chi connectivity index (χ4n) is 2.87. The lowest BCUT2D eigenvalue weighted by Gasteiger charge is -2.39. The molecule has 1 aliphatic carbocycles. The van der Waals surface area contributed by atoms with Crippen molar-refractivity contribution in [3.8, 4) is 0 Å². The van der Waals surface area contributed by atoms with Crippen LogP contribution in [0, 0.1) is 5.92 Å². The van der Waals surface area contributed by atoms with Crippen molar-refractivity contribution >= 4 is 11.7 Å². The van der Waals surface area contributed by atoms with Crippen LogP contribution in [0.3, 0.4) is 0 Å². The Morgan fingerprint density at radius 1 is 1.45 bits per heavy atom. The van der Waals surface area contributed by atoms with Crippen LogP contribution in [0.4, 0.5) is 10.5 Å². The van der Waals surface area contributed by atoms with Gasteiger partial charge in [-0.2, -0.15) is 0 Å². The second-order valence-electron chi connectivity index (χ2n) is 5.73. The summed E-state index contributed by atoms with van der Waals surface area (Å²) in [6, 6.07) is 3.26. The molecule has 5 heteroatoms. The monoisotopic (exact) mass is 277 g/mol. The van der Waals surface area contributed by atoms with Gasteiger partial charge in [-0.05, 0) is 37.8 Å². The summed E-state index contributed by atoms with van der Waals surface area (Å²) in [6.45, 7) is 1.88. The minimum atomic E-state index is -0.563. The lowest BCUT2D eigenvalue weighted by atomic mass is 9.76. The normalized spacial score (nSPS) is 19.1. The lowest BCUT2D eigenvalue weighted by molar-refractivity contribution is 0.103. The van der Waals surface area contributed by atoms with Crippen molar-refractivity contribution in [2.75, 3.05) is 11.9 Å². The predicted octanol–water partition coefficient (Wildman–Crippen LogP) is 2.53. The van der Waals surface area contributed by atoms with Crippen LogP contribution in [0.15, 0.2) is 24.5 Å². The number of hydrogen-bond donors (Lipinski definition) is 3. The molecule has 20 heavy (non-hydrogen) atoms. The van der Waals surface area contributed by atoms with Gasteiger partial charge in [0.15, 0.2) is 0 Å². The first-order valence-electron chi connectivity index (χ1n) is 7.24. The maximum atomic E-state index is 12.1. The molecule has 1 fully saturated rings. The molecule has 1 aromatic heterocycles. The van der Waals surface area contributed by atoms with E-state index in [0.29, 0.717) is 11.6 Å². The van der Waals surface area contributed by atoms with Gasteiger partial charge in [-0.3, -0.25) is 4.98 Å². The predicted molar refractivity (Wildman–Crippen MR) is 78.5 cm³/mol. The molecule has 0 aromatic carbocycles. The molecular formula is C15H23N3O2. The molecule has 1 aliphatic rings. The number of urea groups is 1. The zero-order valence-electron chi connectivity index (χ0n) is 11.9. The van der Waals surface area contributed by atoms with Crippen molar-refractivity contribution in [2.24, 2.45) is 5.92 Å². The van der Waals surface area contributed by atoms with Gasteiger partial charge in [-0.25, -0.2) is 4.79 Å². The number of aliphatic hydroxyl groups excluding tert-OH is 1. The van der Waals surface area contributed by atoms with Gasteiger partial charge in [0.2, 0.25) is 0 Å². The molecule has 1 atom stereocenters. The largest absolute Gasteiger partial charge is 0.394 e. The number of rotatable bonds is 4. The summed E-state index contributed by atoms with van der Waals surface area (Å²) in [7, 11) is 0. The Morgan fingerprint density at radius 2 is 2.20 bits per heavy atom. The highest BCUT2D eigenvalue weighted by Gasteiger charge is 2.35. The van der Waals surface area contributed by atoms with E-state index in [0.717, 1.165) is 12.8 Å². The molecule has 0 spiro atoms. The summed E-state index contributed by atoms with van der Waals surface area (Å²) in [5.41, 5.74) is 0.0844. The van der Waals surface area contributed by atoms with Crippen molar-refractivity contribution in [3.63, 3.8) is 0 Å². The van der Waals surface area contributed by atoms with E-state index < -0.39 is 5.54 Å². The number of nitrogens with one attached hydrogen (secondary N) is 2. The van der Waals surface area contributed by atoms with Crippen LogP contribution in [0.25, 0.3) is 0 Å². The molecule has 110 valence electrons. The summed E-state index contributed by atoms with van der Waals surface area (Å²) < 4.78 is 0.